The van der Waals surface area contributed by atoms with Gasteiger partial charge in [0.2, 0.25) is 0 Å². The Hall–Kier alpha value is -2.00. The van der Waals surface area contributed by atoms with Gasteiger partial charge in [0, 0.05) is 22.9 Å². The maximum Gasteiger partial charge on any atom is 0.182 e. The summed E-state index contributed by atoms with van der Waals surface area (Å²) in [6.45, 7) is 0. The average molecular weight is 267 g/mol. The second-order valence-corrected chi connectivity index (χ2v) is 5.42. The van der Waals surface area contributed by atoms with Gasteiger partial charge in [-0.25, -0.2) is 0 Å². The van der Waals surface area contributed by atoms with E-state index in [9.17, 15) is 4.79 Å². The van der Waals surface area contributed by atoms with E-state index in [4.69, 9.17) is 0 Å². The fourth-order valence-electron chi connectivity index (χ4n) is 2.15. The Kier molecular flexibility index (Phi) is 3.38. The van der Waals surface area contributed by atoms with Crippen molar-refractivity contribution < 1.29 is 4.79 Å². The van der Waals surface area contributed by atoms with Gasteiger partial charge in [-0.05, 0) is 29.3 Å². The van der Waals surface area contributed by atoms with Gasteiger partial charge in [-0.3, -0.25) is 9.78 Å². The number of hydrogen-bond donors (Lipinski definition) is 0. The third-order valence-electron chi connectivity index (χ3n) is 3.12. The summed E-state index contributed by atoms with van der Waals surface area (Å²) in [5.74, 6) is 0.116. The maximum atomic E-state index is 12.3. The lowest BCUT2D eigenvalue weighted by molar-refractivity contribution is 0.0980. The van der Waals surface area contributed by atoms with Gasteiger partial charge in [0.05, 0.1) is 0 Å². The standard InChI is InChI=1S/C16H13NOS/c18-15(8-7-13-5-3-11-19-13)16-14-6-2-1-4-12(14)9-10-17-16/h1-6,9-11H,7-8H2. The van der Waals surface area contributed by atoms with E-state index < -0.39 is 0 Å². The molecule has 1 aromatic carbocycles. The molecule has 2 nitrogen and oxygen atoms in total. The topological polar surface area (TPSA) is 30.0 Å². The zero-order valence-corrected chi connectivity index (χ0v) is 11.2. The first-order valence-electron chi connectivity index (χ1n) is 6.24. The van der Waals surface area contributed by atoms with Crippen LogP contribution >= 0.6 is 11.3 Å². The van der Waals surface area contributed by atoms with Crippen molar-refractivity contribution in [3.8, 4) is 0 Å². The predicted octanol–water partition coefficient (Wildman–Crippen LogP) is 4.11. The molecule has 19 heavy (non-hydrogen) atoms. The van der Waals surface area contributed by atoms with Crippen LogP contribution in [0.4, 0.5) is 0 Å². The fraction of sp³-hybridized carbons (Fsp3) is 0.125. The lowest BCUT2D eigenvalue weighted by atomic mass is 10.0. The second-order valence-electron chi connectivity index (χ2n) is 4.38. The van der Waals surface area contributed by atoms with Crippen LogP contribution in [0.3, 0.4) is 0 Å². The van der Waals surface area contributed by atoms with Crippen LogP contribution < -0.4 is 0 Å². The summed E-state index contributed by atoms with van der Waals surface area (Å²) in [4.78, 5) is 17.8. The molecule has 94 valence electrons. The van der Waals surface area contributed by atoms with Crippen LogP contribution in [-0.4, -0.2) is 10.8 Å². The summed E-state index contributed by atoms with van der Waals surface area (Å²) in [6.07, 6.45) is 3.02. The first-order chi connectivity index (χ1) is 9.34. The Labute approximate surface area is 115 Å². The van der Waals surface area contributed by atoms with E-state index in [0.29, 0.717) is 12.1 Å². The van der Waals surface area contributed by atoms with Crippen LogP contribution in [0.5, 0.6) is 0 Å². The van der Waals surface area contributed by atoms with E-state index in [1.807, 2.05) is 41.8 Å². The summed E-state index contributed by atoms with van der Waals surface area (Å²) in [7, 11) is 0. The number of fused-ring (bicyclic) bond motifs is 1. The SMILES string of the molecule is O=C(CCc1cccs1)c1nccc2ccccc12. The molecular formula is C16H13NOS. The van der Waals surface area contributed by atoms with Crippen molar-refractivity contribution in [1.29, 1.82) is 0 Å². The van der Waals surface area contributed by atoms with Gasteiger partial charge in [-0.2, -0.15) is 0 Å². The quantitative estimate of drug-likeness (QED) is 0.666. The van der Waals surface area contributed by atoms with Crippen molar-refractivity contribution >= 4 is 27.9 Å². The number of hydrogen-bond acceptors (Lipinski definition) is 3. The highest BCUT2D eigenvalue weighted by Gasteiger charge is 2.11. The van der Waals surface area contributed by atoms with Crippen molar-refractivity contribution in [3.63, 3.8) is 0 Å². The lowest BCUT2D eigenvalue weighted by Crippen LogP contribution is -2.04. The number of pyridine rings is 1. The lowest BCUT2D eigenvalue weighted by Gasteiger charge is -2.04. The van der Waals surface area contributed by atoms with E-state index >= 15 is 0 Å². The number of ketones is 1. The number of carbonyl (C=O) groups excluding carboxylic acids is 1. The molecule has 0 aliphatic rings. The number of thiophene rings is 1. The Morgan fingerprint density at radius 2 is 2.00 bits per heavy atom. The number of rotatable bonds is 4. The van der Waals surface area contributed by atoms with Gasteiger partial charge in [-0.1, -0.05) is 30.3 Å². The molecule has 0 radical (unpaired) electrons. The number of nitrogens with zero attached hydrogens (tertiary/aromatic N) is 1. The van der Waals surface area contributed by atoms with Crippen molar-refractivity contribution in [1.82, 2.24) is 4.98 Å². The van der Waals surface area contributed by atoms with Crippen LogP contribution in [-0.2, 0) is 6.42 Å². The minimum absolute atomic E-state index is 0.116. The summed E-state index contributed by atoms with van der Waals surface area (Å²) in [6, 6.07) is 13.9. The molecule has 0 N–H and O–H groups in total. The first-order valence-corrected chi connectivity index (χ1v) is 7.12. The fourth-order valence-corrected chi connectivity index (χ4v) is 2.86. The Morgan fingerprint density at radius 1 is 1.11 bits per heavy atom. The highest BCUT2D eigenvalue weighted by atomic mass is 32.1. The number of aromatic nitrogens is 1. The van der Waals surface area contributed by atoms with Crippen LogP contribution in [0.25, 0.3) is 10.8 Å². The Balaban J connectivity index is 1.85. The average Bonchev–Trinajstić information content (AvgIpc) is 2.97. The molecule has 3 rings (SSSR count). The molecule has 0 bridgehead atoms. The first kappa shape index (κ1) is 12.1. The van der Waals surface area contributed by atoms with E-state index in [1.165, 1.54) is 4.88 Å². The normalized spacial score (nSPS) is 10.7. The zero-order chi connectivity index (χ0) is 13.1. The van der Waals surface area contributed by atoms with E-state index in [0.717, 1.165) is 17.2 Å². The molecule has 0 atom stereocenters. The van der Waals surface area contributed by atoms with Crippen molar-refractivity contribution in [2.24, 2.45) is 0 Å². The summed E-state index contributed by atoms with van der Waals surface area (Å²) >= 11 is 1.69. The summed E-state index contributed by atoms with van der Waals surface area (Å²) in [5.41, 5.74) is 0.592. The van der Waals surface area contributed by atoms with Gasteiger partial charge in [0.1, 0.15) is 5.69 Å². The van der Waals surface area contributed by atoms with Crippen LogP contribution in [0, 0.1) is 0 Å². The number of benzene rings is 1. The number of aryl methyl sites for hydroxylation is 1. The third kappa shape index (κ3) is 2.56. The van der Waals surface area contributed by atoms with Crippen molar-refractivity contribution in [2.45, 2.75) is 12.8 Å². The zero-order valence-electron chi connectivity index (χ0n) is 10.4. The van der Waals surface area contributed by atoms with Crippen LogP contribution in [0.15, 0.2) is 54.0 Å². The molecular weight excluding hydrogens is 254 g/mol. The number of Topliss-reactive ketones (excluding diaryl/α,β-unsaturated/α-hetero) is 1. The molecule has 0 aliphatic carbocycles. The minimum atomic E-state index is 0.116. The molecule has 2 aromatic heterocycles. The molecule has 0 spiro atoms. The van der Waals surface area contributed by atoms with Gasteiger partial charge in [0.15, 0.2) is 5.78 Å². The Bertz CT molecular complexity index is 698. The molecule has 0 amide bonds. The van der Waals surface area contributed by atoms with Crippen LogP contribution in [0.2, 0.25) is 0 Å². The summed E-state index contributed by atoms with van der Waals surface area (Å²) < 4.78 is 0. The molecule has 0 saturated carbocycles. The molecule has 0 saturated heterocycles. The number of carbonyl (C=O) groups is 1. The molecule has 2 heterocycles. The van der Waals surface area contributed by atoms with Crippen molar-refractivity contribution in [3.05, 3.63) is 64.6 Å². The summed E-state index contributed by atoms with van der Waals surface area (Å²) in [5, 5.41) is 4.05. The van der Waals surface area contributed by atoms with Gasteiger partial charge >= 0.3 is 0 Å². The minimum Gasteiger partial charge on any atom is -0.292 e. The molecule has 3 aromatic rings. The molecule has 0 unspecified atom stereocenters. The molecule has 0 aliphatic heterocycles. The maximum absolute atomic E-state index is 12.3. The van der Waals surface area contributed by atoms with E-state index in [-0.39, 0.29) is 5.78 Å². The monoisotopic (exact) mass is 267 g/mol. The second kappa shape index (κ2) is 5.33. The van der Waals surface area contributed by atoms with Gasteiger partial charge < -0.3 is 0 Å². The Morgan fingerprint density at radius 3 is 2.84 bits per heavy atom. The highest BCUT2D eigenvalue weighted by Crippen LogP contribution is 2.19. The van der Waals surface area contributed by atoms with E-state index in [1.54, 1.807) is 17.5 Å². The van der Waals surface area contributed by atoms with Gasteiger partial charge in [-0.15, -0.1) is 11.3 Å². The van der Waals surface area contributed by atoms with E-state index in [2.05, 4.69) is 11.1 Å². The largest absolute Gasteiger partial charge is 0.292 e. The molecule has 0 fully saturated rings. The predicted molar refractivity (Wildman–Crippen MR) is 78.7 cm³/mol. The van der Waals surface area contributed by atoms with Crippen molar-refractivity contribution in [2.75, 3.05) is 0 Å². The third-order valence-corrected chi connectivity index (χ3v) is 4.05. The smallest absolute Gasteiger partial charge is 0.182 e. The molecule has 3 heteroatoms. The van der Waals surface area contributed by atoms with Gasteiger partial charge in [0.25, 0.3) is 0 Å². The van der Waals surface area contributed by atoms with Crippen LogP contribution in [0.1, 0.15) is 21.8 Å². The highest BCUT2D eigenvalue weighted by molar-refractivity contribution is 7.09.